The molecule has 3 aromatic rings. The molecule has 0 spiro atoms. The summed E-state index contributed by atoms with van der Waals surface area (Å²) in [6.07, 6.45) is -1.02. The van der Waals surface area contributed by atoms with Crippen molar-refractivity contribution in [1.82, 2.24) is 10.4 Å². The molecule has 0 bridgehead atoms. The lowest BCUT2D eigenvalue weighted by Gasteiger charge is -2.05. The standard InChI is InChI=1S/C13H7N5O7/c19-13-14-16(15-25-13)10-7-8(17(20)21)5-6-12(10)24-11-4-2-1-3-9(11)18(22)23/h1-7H. The Balaban J connectivity index is 2.10. The lowest BCUT2D eigenvalue weighted by molar-refractivity contribution is -0.726. The zero-order valence-corrected chi connectivity index (χ0v) is 12.1. The van der Waals surface area contributed by atoms with Crippen LogP contribution in [0.5, 0.6) is 17.6 Å². The third-order valence-corrected chi connectivity index (χ3v) is 3.02. The number of nitro benzene ring substituents is 2. The predicted molar refractivity (Wildman–Crippen MR) is 75.1 cm³/mol. The fourth-order valence-electron chi connectivity index (χ4n) is 1.96. The maximum Gasteiger partial charge on any atom is 0.318 e. The highest BCUT2D eigenvalue weighted by Crippen LogP contribution is 2.34. The van der Waals surface area contributed by atoms with E-state index in [1.165, 1.54) is 30.3 Å². The first-order valence-corrected chi connectivity index (χ1v) is 6.59. The SMILES string of the molecule is O=[N+]([O-])c1ccc(Oc2ccccc2[N+](=O)[O-])c(-[n+]2noc([O-])n2)c1. The number of hydrogen-bond acceptors (Lipinski definition) is 9. The number of ether oxygens (including phenoxy) is 1. The number of nitro groups is 2. The van der Waals surface area contributed by atoms with E-state index in [9.17, 15) is 25.3 Å². The average Bonchev–Trinajstić information content (AvgIpc) is 3.01. The summed E-state index contributed by atoms with van der Waals surface area (Å²) in [6, 6.07) is 8.94. The third kappa shape index (κ3) is 3.17. The van der Waals surface area contributed by atoms with Gasteiger partial charge in [0.15, 0.2) is 0 Å². The van der Waals surface area contributed by atoms with Crippen LogP contribution in [0.15, 0.2) is 47.0 Å². The molecule has 0 N–H and O–H groups in total. The smallest absolute Gasteiger partial charge is 0.318 e. The van der Waals surface area contributed by atoms with E-state index >= 15 is 0 Å². The van der Waals surface area contributed by atoms with Crippen LogP contribution in [-0.4, -0.2) is 20.2 Å². The van der Waals surface area contributed by atoms with Crippen LogP contribution in [0, 0.1) is 20.2 Å². The van der Waals surface area contributed by atoms with E-state index < -0.39 is 15.9 Å². The fourth-order valence-corrected chi connectivity index (χ4v) is 1.96. The molecule has 0 fully saturated rings. The fraction of sp³-hybridized carbons (Fsp3) is 0. The monoisotopic (exact) mass is 345 g/mol. The molecule has 1 aromatic heterocycles. The largest absolute Gasteiger partial charge is 0.523 e. The van der Waals surface area contributed by atoms with Crippen molar-refractivity contribution in [2.24, 2.45) is 0 Å². The molecule has 2 aromatic carbocycles. The third-order valence-electron chi connectivity index (χ3n) is 3.02. The molecule has 0 aliphatic carbocycles. The molecule has 0 radical (unpaired) electrons. The van der Waals surface area contributed by atoms with Crippen molar-refractivity contribution < 1.29 is 29.0 Å². The molecule has 25 heavy (non-hydrogen) atoms. The van der Waals surface area contributed by atoms with Crippen LogP contribution >= 0.6 is 0 Å². The van der Waals surface area contributed by atoms with Gasteiger partial charge in [-0.15, -0.1) is 0 Å². The minimum Gasteiger partial charge on any atom is -0.523 e. The van der Waals surface area contributed by atoms with Gasteiger partial charge in [0.05, 0.1) is 25.8 Å². The van der Waals surface area contributed by atoms with Gasteiger partial charge in [-0.2, -0.15) is 0 Å². The highest BCUT2D eigenvalue weighted by Gasteiger charge is 2.26. The number of rotatable bonds is 5. The summed E-state index contributed by atoms with van der Waals surface area (Å²) in [7, 11) is 0. The molecule has 12 nitrogen and oxygen atoms in total. The number of nitrogens with zero attached hydrogens (tertiary/aromatic N) is 5. The van der Waals surface area contributed by atoms with E-state index in [-0.39, 0.29) is 28.6 Å². The minimum atomic E-state index is -1.02. The van der Waals surface area contributed by atoms with Crippen LogP contribution in [0.4, 0.5) is 11.4 Å². The Labute approximate surface area is 137 Å². The summed E-state index contributed by atoms with van der Waals surface area (Å²) in [6.45, 7) is 0. The van der Waals surface area contributed by atoms with E-state index in [1.807, 2.05) is 0 Å². The summed E-state index contributed by atoms with van der Waals surface area (Å²) in [5.41, 5.74) is -0.734. The zero-order valence-electron chi connectivity index (χ0n) is 12.1. The molecule has 0 amide bonds. The van der Waals surface area contributed by atoms with Gasteiger partial charge in [0.25, 0.3) is 5.69 Å². The van der Waals surface area contributed by atoms with Crippen LogP contribution < -0.4 is 14.6 Å². The van der Waals surface area contributed by atoms with E-state index in [0.717, 1.165) is 12.1 Å². The Morgan fingerprint density at radius 2 is 1.80 bits per heavy atom. The van der Waals surface area contributed by atoms with Crippen molar-refractivity contribution in [3.8, 4) is 23.3 Å². The van der Waals surface area contributed by atoms with E-state index in [0.29, 0.717) is 4.80 Å². The summed E-state index contributed by atoms with van der Waals surface area (Å²) in [5, 5.41) is 39.8. The number of hydrogen-bond donors (Lipinski definition) is 0. The quantitative estimate of drug-likeness (QED) is 0.373. The Kier molecular flexibility index (Phi) is 3.91. The number of aromatic nitrogens is 3. The molecule has 1 heterocycles. The van der Waals surface area contributed by atoms with Crippen LogP contribution in [0.1, 0.15) is 0 Å². The summed E-state index contributed by atoms with van der Waals surface area (Å²) >= 11 is 0. The summed E-state index contributed by atoms with van der Waals surface area (Å²) in [4.78, 5) is 21.4. The highest BCUT2D eigenvalue weighted by atomic mass is 16.6. The molecule has 0 saturated heterocycles. The van der Waals surface area contributed by atoms with Crippen molar-refractivity contribution in [3.63, 3.8) is 0 Å². The number of non-ortho nitro benzene ring substituents is 1. The van der Waals surface area contributed by atoms with Gasteiger partial charge in [0.1, 0.15) is 5.27 Å². The zero-order chi connectivity index (χ0) is 18.0. The molecular weight excluding hydrogens is 338 g/mol. The molecule has 0 atom stereocenters. The number of benzene rings is 2. The van der Waals surface area contributed by atoms with E-state index in [4.69, 9.17) is 4.74 Å². The Hall–Kier alpha value is -4.09. The summed E-state index contributed by atoms with van der Waals surface area (Å²) < 4.78 is 9.79. The molecule has 3 rings (SSSR count). The van der Waals surface area contributed by atoms with Crippen molar-refractivity contribution in [2.45, 2.75) is 0 Å². The van der Waals surface area contributed by atoms with Crippen LogP contribution in [-0.2, 0) is 0 Å². The second-order valence-electron chi connectivity index (χ2n) is 4.56. The van der Waals surface area contributed by atoms with Gasteiger partial charge in [-0.3, -0.25) is 20.2 Å². The summed E-state index contributed by atoms with van der Waals surface area (Å²) in [5.74, 6) is -0.153. The molecule has 126 valence electrons. The topological polar surface area (TPSA) is 161 Å². The van der Waals surface area contributed by atoms with Crippen LogP contribution in [0.2, 0.25) is 0 Å². The lowest BCUT2D eigenvalue weighted by atomic mass is 10.2. The molecule has 0 unspecified atom stereocenters. The maximum absolute atomic E-state index is 11.1. The molecule has 0 saturated carbocycles. The second kappa shape index (κ2) is 6.19. The molecular formula is C13H7N5O7. The highest BCUT2D eigenvalue weighted by molar-refractivity contribution is 5.53. The Bertz CT molecular complexity index is 971. The van der Waals surface area contributed by atoms with Gasteiger partial charge in [0, 0.05) is 12.1 Å². The first kappa shape index (κ1) is 15.8. The maximum atomic E-state index is 11.1. The Morgan fingerprint density at radius 1 is 1.04 bits per heavy atom. The second-order valence-corrected chi connectivity index (χ2v) is 4.56. The van der Waals surface area contributed by atoms with Crippen molar-refractivity contribution in [3.05, 3.63) is 62.7 Å². The van der Waals surface area contributed by atoms with Gasteiger partial charge in [0.2, 0.25) is 17.6 Å². The van der Waals surface area contributed by atoms with Gasteiger partial charge in [-0.1, -0.05) is 12.1 Å². The first-order chi connectivity index (χ1) is 12.0. The van der Waals surface area contributed by atoms with Crippen molar-refractivity contribution >= 4 is 11.4 Å². The van der Waals surface area contributed by atoms with Crippen LogP contribution in [0.25, 0.3) is 5.69 Å². The van der Waals surface area contributed by atoms with Gasteiger partial charge in [-0.05, 0) is 12.1 Å². The average molecular weight is 345 g/mol. The van der Waals surface area contributed by atoms with Gasteiger partial charge >= 0.3 is 11.4 Å². The predicted octanol–water partition coefficient (Wildman–Crippen LogP) is 1.03. The molecule has 0 aliphatic rings. The minimum absolute atomic E-state index is 0.0503. The first-order valence-electron chi connectivity index (χ1n) is 6.59. The van der Waals surface area contributed by atoms with E-state index in [2.05, 4.69) is 14.9 Å². The molecule has 12 heteroatoms. The van der Waals surface area contributed by atoms with E-state index in [1.54, 1.807) is 0 Å². The Morgan fingerprint density at radius 3 is 2.44 bits per heavy atom. The lowest BCUT2D eigenvalue weighted by Crippen LogP contribution is -2.36. The van der Waals surface area contributed by atoms with Crippen LogP contribution in [0.3, 0.4) is 0 Å². The van der Waals surface area contributed by atoms with Gasteiger partial charge in [-0.25, -0.2) is 0 Å². The molecule has 0 aliphatic heterocycles. The number of para-hydroxylation sites is 2. The normalized spacial score (nSPS) is 10.4. The van der Waals surface area contributed by atoms with Gasteiger partial charge < -0.3 is 14.4 Å². The van der Waals surface area contributed by atoms with Crippen molar-refractivity contribution in [1.29, 1.82) is 0 Å². The van der Waals surface area contributed by atoms with Crippen molar-refractivity contribution in [2.75, 3.05) is 0 Å².